The van der Waals surface area contributed by atoms with Crippen LogP contribution >= 0.6 is 0 Å². The SMILES string of the molecule is CC(C)(C)OC(=O)N[C@@H](Cc1ccccc1)[C@@H](O)CN(OC1CCCC1)S(=O)(=O)c1ccc2c(c1)OCCO2. The summed E-state index contributed by atoms with van der Waals surface area (Å²) in [5.41, 5.74) is 0.112. The summed E-state index contributed by atoms with van der Waals surface area (Å²) in [6.07, 6.45) is 1.23. The minimum Gasteiger partial charge on any atom is -0.486 e. The first-order valence-electron chi connectivity index (χ1n) is 13.3. The van der Waals surface area contributed by atoms with Crippen molar-refractivity contribution in [2.45, 2.75) is 81.6 Å². The van der Waals surface area contributed by atoms with Gasteiger partial charge in [-0.3, -0.25) is 4.84 Å². The highest BCUT2D eigenvalue weighted by Crippen LogP contribution is 2.34. The van der Waals surface area contributed by atoms with Gasteiger partial charge in [0, 0.05) is 6.07 Å². The number of aliphatic hydroxyl groups excluding tert-OH is 1. The summed E-state index contributed by atoms with van der Waals surface area (Å²) in [4.78, 5) is 18.6. The number of carbonyl (C=O) groups excluding carboxylic acids is 1. The first-order chi connectivity index (χ1) is 18.5. The van der Waals surface area contributed by atoms with Crippen LogP contribution < -0.4 is 14.8 Å². The smallest absolute Gasteiger partial charge is 0.407 e. The largest absolute Gasteiger partial charge is 0.486 e. The molecule has 4 rings (SSSR count). The van der Waals surface area contributed by atoms with Crippen LogP contribution in [0.4, 0.5) is 4.79 Å². The molecule has 10 nitrogen and oxygen atoms in total. The number of nitrogens with zero attached hydrogens (tertiary/aromatic N) is 1. The third-order valence-electron chi connectivity index (χ3n) is 6.45. The predicted octanol–water partition coefficient (Wildman–Crippen LogP) is 3.82. The number of alkyl carbamates (subject to hydrolysis) is 1. The van der Waals surface area contributed by atoms with Crippen LogP contribution in [0, 0.1) is 0 Å². The standard InChI is InChI=1S/C28H38N2O8S/c1-28(2,3)37-27(32)29-23(17-20-9-5-4-6-10-20)24(31)19-30(38-21-11-7-8-12-21)39(33,34)22-13-14-25-26(18-22)36-16-15-35-25/h4-6,9-10,13-14,18,21,23-24,31H,7-8,11-12,15-17,19H2,1-3H3,(H,29,32)/t23-,24-/m0/s1. The number of benzene rings is 2. The number of aliphatic hydroxyl groups is 1. The molecule has 1 aliphatic heterocycles. The molecule has 0 unspecified atom stereocenters. The van der Waals surface area contributed by atoms with Crippen molar-refractivity contribution in [2.75, 3.05) is 19.8 Å². The maximum absolute atomic E-state index is 13.8. The summed E-state index contributed by atoms with van der Waals surface area (Å²) in [5, 5.41) is 14.1. The fourth-order valence-electron chi connectivity index (χ4n) is 4.55. The molecule has 0 bridgehead atoms. The number of amides is 1. The van der Waals surface area contributed by atoms with Crippen molar-refractivity contribution in [2.24, 2.45) is 0 Å². The normalized spacial score (nSPS) is 17.6. The zero-order chi connectivity index (χ0) is 28.0. The van der Waals surface area contributed by atoms with Crippen LogP contribution in [0.1, 0.15) is 52.0 Å². The summed E-state index contributed by atoms with van der Waals surface area (Å²) in [6.45, 7) is 5.52. The van der Waals surface area contributed by atoms with Crippen LogP contribution in [-0.4, -0.2) is 67.7 Å². The molecule has 1 aliphatic carbocycles. The van der Waals surface area contributed by atoms with E-state index in [1.54, 1.807) is 26.8 Å². The van der Waals surface area contributed by atoms with Gasteiger partial charge < -0.3 is 24.6 Å². The average molecular weight is 563 g/mol. The molecular weight excluding hydrogens is 524 g/mol. The minimum atomic E-state index is -4.21. The molecule has 0 radical (unpaired) electrons. The molecule has 0 saturated heterocycles. The molecule has 1 saturated carbocycles. The molecule has 214 valence electrons. The van der Waals surface area contributed by atoms with Crippen molar-refractivity contribution in [1.82, 2.24) is 9.79 Å². The van der Waals surface area contributed by atoms with E-state index in [2.05, 4.69) is 5.32 Å². The Morgan fingerprint density at radius 2 is 1.74 bits per heavy atom. The van der Waals surface area contributed by atoms with Crippen molar-refractivity contribution in [1.29, 1.82) is 0 Å². The van der Waals surface area contributed by atoms with Crippen molar-refractivity contribution in [3.05, 3.63) is 54.1 Å². The third-order valence-corrected chi connectivity index (χ3v) is 8.07. The van der Waals surface area contributed by atoms with Gasteiger partial charge in [0.25, 0.3) is 10.0 Å². The predicted molar refractivity (Wildman–Crippen MR) is 144 cm³/mol. The molecule has 11 heteroatoms. The molecule has 2 N–H and O–H groups in total. The maximum Gasteiger partial charge on any atom is 0.407 e. The Bertz CT molecular complexity index is 1210. The number of hydroxylamine groups is 1. The number of sulfonamides is 1. The maximum atomic E-state index is 13.8. The van der Waals surface area contributed by atoms with E-state index in [-0.39, 0.29) is 17.4 Å². The zero-order valence-corrected chi connectivity index (χ0v) is 23.5. The lowest BCUT2D eigenvalue weighted by Crippen LogP contribution is -2.51. The number of carbonyl (C=O) groups is 1. The number of hydrogen-bond donors (Lipinski definition) is 2. The number of rotatable bonds is 10. The number of fused-ring (bicyclic) bond motifs is 1. The Kier molecular flexibility index (Phi) is 9.37. The minimum absolute atomic E-state index is 0.0448. The average Bonchev–Trinajstić information content (AvgIpc) is 3.40. The highest BCUT2D eigenvalue weighted by atomic mass is 32.2. The highest BCUT2D eigenvalue weighted by molar-refractivity contribution is 7.89. The fourth-order valence-corrected chi connectivity index (χ4v) is 5.86. The van der Waals surface area contributed by atoms with Gasteiger partial charge in [0.05, 0.1) is 29.7 Å². The summed E-state index contributed by atoms with van der Waals surface area (Å²) >= 11 is 0. The van der Waals surface area contributed by atoms with E-state index in [0.717, 1.165) is 22.9 Å². The lowest BCUT2D eigenvalue weighted by Gasteiger charge is -2.31. The van der Waals surface area contributed by atoms with Gasteiger partial charge in [0.2, 0.25) is 0 Å². The van der Waals surface area contributed by atoms with Crippen LogP contribution in [0.25, 0.3) is 0 Å². The third kappa shape index (κ3) is 8.07. The first kappa shape index (κ1) is 29.1. The summed E-state index contributed by atoms with van der Waals surface area (Å²) < 4.78 is 45.0. The van der Waals surface area contributed by atoms with Crippen molar-refractivity contribution < 1.29 is 37.4 Å². The van der Waals surface area contributed by atoms with E-state index in [1.807, 2.05) is 30.3 Å². The second kappa shape index (κ2) is 12.5. The topological polar surface area (TPSA) is 124 Å². The van der Waals surface area contributed by atoms with E-state index >= 15 is 0 Å². The lowest BCUT2D eigenvalue weighted by atomic mass is 10.0. The molecule has 0 spiro atoms. The van der Waals surface area contributed by atoms with E-state index in [1.165, 1.54) is 12.1 Å². The van der Waals surface area contributed by atoms with Crippen molar-refractivity contribution in [3.63, 3.8) is 0 Å². The van der Waals surface area contributed by atoms with Crippen LogP contribution in [-0.2, 0) is 26.0 Å². The molecule has 2 aromatic rings. The Morgan fingerprint density at radius 3 is 2.41 bits per heavy atom. The molecule has 2 aliphatic rings. The quantitative estimate of drug-likeness (QED) is 0.419. The van der Waals surface area contributed by atoms with E-state index in [0.29, 0.717) is 37.6 Å². The monoisotopic (exact) mass is 562 g/mol. The molecule has 39 heavy (non-hydrogen) atoms. The van der Waals surface area contributed by atoms with Gasteiger partial charge in [0.15, 0.2) is 11.5 Å². The molecule has 1 amide bonds. The van der Waals surface area contributed by atoms with E-state index in [9.17, 15) is 18.3 Å². The Labute approximate surface area is 230 Å². The second-order valence-electron chi connectivity index (χ2n) is 10.8. The molecular formula is C28H38N2O8S. The van der Waals surface area contributed by atoms with Crippen LogP contribution in [0.5, 0.6) is 11.5 Å². The van der Waals surface area contributed by atoms with E-state index < -0.39 is 40.4 Å². The van der Waals surface area contributed by atoms with Gasteiger partial charge in [-0.1, -0.05) is 47.6 Å². The lowest BCUT2D eigenvalue weighted by molar-refractivity contribution is -0.145. The summed E-state index contributed by atoms with van der Waals surface area (Å²) in [5.74, 6) is 0.796. The van der Waals surface area contributed by atoms with Crippen LogP contribution in [0.3, 0.4) is 0 Å². The van der Waals surface area contributed by atoms with Gasteiger partial charge in [-0.15, -0.1) is 0 Å². The molecule has 2 atom stereocenters. The number of ether oxygens (including phenoxy) is 3. The number of hydrogen-bond acceptors (Lipinski definition) is 8. The first-order valence-corrected chi connectivity index (χ1v) is 14.8. The van der Waals surface area contributed by atoms with Gasteiger partial charge in [-0.2, -0.15) is 0 Å². The molecule has 1 heterocycles. The van der Waals surface area contributed by atoms with E-state index in [4.69, 9.17) is 19.0 Å². The second-order valence-corrected chi connectivity index (χ2v) is 12.6. The van der Waals surface area contributed by atoms with Crippen molar-refractivity contribution in [3.8, 4) is 11.5 Å². The van der Waals surface area contributed by atoms with Gasteiger partial charge >= 0.3 is 6.09 Å². The molecule has 0 aromatic heterocycles. The Morgan fingerprint density at radius 1 is 1.08 bits per heavy atom. The van der Waals surface area contributed by atoms with Gasteiger partial charge in [0.1, 0.15) is 18.8 Å². The number of nitrogens with one attached hydrogen (secondary N) is 1. The molecule has 2 aromatic carbocycles. The Hall–Kier alpha value is -2.86. The van der Waals surface area contributed by atoms with Gasteiger partial charge in [-0.25, -0.2) is 13.2 Å². The van der Waals surface area contributed by atoms with Gasteiger partial charge in [-0.05, 0) is 57.7 Å². The van der Waals surface area contributed by atoms with Crippen molar-refractivity contribution >= 4 is 16.1 Å². The summed E-state index contributed by atoms with van der Waals surface area (Å²) in [6, 6.07) is 12.9. The molecule has 1 fully saturated rings. The highest BCUT2D eigenvalue weighted by Gasteiger charge is 2.35. The Balaban J connectivity index is 1.59. The summed E-state index contributed by atoms with van der Waals surface area (Å²) in [7, 11) is -4.21. The fraction of sp³-hybridized carbons (Fsp3) is 0.536. The zero-order valence-electron chi connectivity index (χ0n) is 22.7. The van der Waals surface area contributed by atoms with Crippen LogP contribution in [0.2, 0.25) is 0 Å². The van der Waals surface area contributed by atoms with Crippen LogP contribution in [0.15, 0.2) is 53.4 Å².